The van der Waals surface area contributed by atoms with Gasteiger partial charge in [-0.15, -0.1) is 0 Å². The lowest BCUT2D eigenvalue weighted by Crippen LogP contribution is -1.84. The van der Waals surface area contributed by atoms with E-state index in [1.807, 2.05) is 0 Å². The molecule has 0 N–H and O–H groups in total. The third kappa shape index (κ3) is 9.02. The largest absolute Gasteiger partial charge is 0.0887 e. The Morgan fingerprint density at radius 2 is 1.78 bits per heavy atom. The van der Waals surface area contributed by atoms with E-state index in [9.17, 15) is 0 Å². The average molecular weight is 254 g/mol. The highest BCUT2D eigenvalue weighted by atomic mass is 79.9. The third-order valence-electron chi connectivity index (χ3n) is 1.13. The lowest BCUT2D eigenvalue weighted by atomic mass is 9.99. The molecule has 0 fully saturated rings. The van der Waals surface area contributed by atoms with Crippen molar-refractivity contribution in [2.24, 2.45) is 0 Å². The van der Waals surface area contributed by atoms with Gasteiger partial charge in [0.2, 0.25) is 0 Å². The lowest BCUT2D eigenvalue weighted by Gasteiger charge is -1.99. The standard InChI is InChI=1S/C6H11BBr2/c7-5-3-1-2-4-6(8)9/h6H,1-5H2. The maximum Gasteiger partial charge on any atom is 0.0697 e. The van der Waals surface area contributed by atoms with Crippen LogP contribution in [-0.2, 0) is 0 Å². The van der Waals surface area contributed by atoms with Crippen LogP contribution in [0.25, 0.3) is 0 Å². The molecule has 0 aliphatic carbocycles. The first-order chi connectivity index (χ1) is 4.27. The van der Waals surface area contributed by atoms with Crippen molar-refractivity contribution in [2.45, 2.75) is 35.7 Å². The van der Waals surface area contributed by atoms with Crippen molar-refractivity contribution in [1.29, 1.82) is 0 Å². The summed E-state index contributed by atoms with van der Waals surface area (Å²) in [7, 11) is 5.32. The molecule has 0 heterocycles. The summed E-state index contributed by atoms with van der Waals surface area (Å²) in [5, 5.41) is 0. The Bertz CT molecular complexity index is 57.0. The van der Waals surface area contributed by atoms with Crippen LogP contribution in [0.5, 0.6) is 0 Å². The molecule has 0 aliphatic rings. The van der Waals surface area contributed by atoms with Gasteiger partial charge in [-0.3, -0.25) is 0 Å². The van der Waals surface area contributed by atoms with Gasteiger partial charge < -0.3 is 0 Å². The molecule has 2 radical (unpaired) electrons. The summed E-state index contributed by atoms with van der Waals surface area (Å²) >= 11 is 6.82. The molecule has 0 bridgehead atoms. The Morgan fingerprint density at radius 3 is 2.22 bits per heavy atom. The van der Waals surface area contributed by atoms with Crippen molar-refractivity contribution in [1.82, 2.24) is 0 Å². The zero-order valence-corrected chi connectivity index (χ0v) is 8.62. The first kappa shape index (κ1) is 10.0. The fourth-order valence-electron chi connectivity index (χ4n) is 0.620. The van der Waals surface area contributed by atoms with Gasteiger partial charge in [0.25, 0.3) is 0 Å². The zero-order valence-electron chi connectivity index (χ0n) is 5.45. The molecule has 0 aromatic carbocycles. The normalized spacial score (nSPS) is 10.6. The summed E-state index contributed by atoms with van der Waals surface area (Å²) in [6.45, 7) is 0. The van der Waals surface area contributed by atoms with E-state index in [1.165, 1.54) is 19.3 Å². The second-order valence-corrected chi connectivity index (χ2v) is 5.47. The summed E-state index contributed by atoms with van der Waals surface area (Å²) in [5.41, 5.74) is 0. The summed E-state index contributed by atoms with van der Waals surface area (Å²) in [6.07, 6.45) is 5.70. The first-order valence-electron chi connectivity index (χ1n) is 3.25. The van der Waals surface area contributed by atoms with Gasteiger partial charge in [-0.05, 0) is 6.42 Å². The van der Waals surface area contributed by atoms with Gasteiger partial charge in [-0.25, -0.2) is 0 Å². The van der Waals surface area contributed by atoms with Gasteiger partial charge in [0, 0.05) is 0 Å². The van der Waals surface area contributed by atoms with Gasteiger partial charge in [0.05, 0.1) is 11.6 Å². The minimum absolute atomic E-state index is 0.489. The van der Waals surface area contributed by atoms with Crippen molar-refractivity contribution in [2.75, 3.05) is 0 Å². The number of hydrogen-bond donors (Lipinski definition) is 0. The number of alkyl halides is 2. The van der Waals surface area contributed by atoms with Crippen molar-refractivity contribution < 1.29 is 0 Å². The van der Waals surface area contributed by atoms with E-state index in [2.05, 4.69) is 31.9 Å². The smallest absolute Gasteiger partial charge is 0.0697 e. The molecule has 0 aliphatic heterocycles. The zero-order chi connectivity index (χ0) is 7.11. The second kappa shape index (κ2) is 7.14. The maximum absolute atomic E-state index is 5.32. The molecule has 0 amide bonds. The number of unbranched alkanes of at least 4 members (excludes halogenated alkanes) is 2. The molecule has 0 atom stereocenters. The molecule has 0 saturated heterocycles. The van der Waals surface area contributed by atoms with Gasteiger partial charge in [-0.2, -0.15) is 0 Å². The van der Waals surface area contributed by atoms with Crippen LogP contribution in [0, 0.1) is 0 Å². The van der Waals surface area contributed by atoms with E-state index in [1.54, 1.807) is 0 Å². The molecule has 0 aromatic heterocycles. The van der Waals surface area contributed by atoms with Gasteiger partial charge >= 0.3 is 0 Å². The topological polar surface area (TPSA) is 0 Å². The Hall–Kier alpha value is 1.02. The van der Waals surface area contributed by atoms with Crippen LogP contribution in [0.3, 0.4) is 0 Å². The predicted molar refractivity (Wildman–Crippen MR) is 50.7 cm³/mol. The van der Waals surface area contributed by atoms with E-state index in [4.69, 9.17) is 7.85 Å². The van der Waals surface area contributed by atoms with E-state index < -0.39 is 0 Å². The minimum Gasteiger partial charge on any atom is -0.0887 e. The second-order valence-electron chi connectivity index (χ2n) is 2.03. The molecular weight excluding hydrogens is 243 g/mol. The molecule has 0 unspecified atom stereocenters. The van der Waals surface area contributed by atoms with Gasteiger partial charge in [-0.1, -0.05) is 57.4 Å². The molecule has 0 saturated carbocycles. The van der Waals surface area contributed by atoms with Gasteiger partial charge in [0.15, 0.2) is 0 Å². The Morgan fingerprint density at radius 1 is 1.11 bits per heavy atom. The van der Waals surface area contributed by atoms with E-state index in [0.717, 1.165) is 12.7 Å². The van der Waals surface area contributed by atoms with Crippen LogP contribution in [0.1, 0.15) is 25.7 Å². The monoisotopic (exact) mass is 252 g/mol. The van der Waals surface area contributed by atoms with Crippen LogP contribution in [-0.4, -0.2) is 11.6 Å². The molecule has 9 heavy (non-hydrogen) atoms. The predicted octanol–water partition coefficient (Wildman–Crippen LogP) is 3.25. The van der Waals surface area contributed by atoms with Crippen LogP contribution >= 0.6 is 31.9 Å². The highest BCUT2D eigenvalue weighted by Crippen LogP contribution is 2.16. The highest BCUT2D eigenvalue weighted by molar-refractivity contribution is 9.24. The average Bonchev–Trinajstić information content (AvgIpc) is 1.80. The molecular formula is C6H11BBr2. The Labute approximate surface area is 75.5 Å². The molecule has 0 spiro atoms. The van der Waals surface area contributed by atoms with Crippen LogP contribution in [0.15, 0.2) is 0 Å². The number of rotatable bonds is 5. The molecule has 3 heteroatoms. The van der Waals surface area contributed by atoms with Crippen LogP contribution in [0.4, 0.5) is 0 Å². The van der Waals surface area contributed by atoms with Gasteiger partial charge in [0.1, 0.15) is 0 Å². The fraction of sp³-hybridized carbons (Fsp3) is 1.00. The quantitative estimate of drug-likeness (QED) is 0.401. The molecule has 0 rings (SSSR count). The van der Waals surface area contributed by atoms with Crippen molar-refractivity contribution >= 4 is 39.7 Å². The third-order valence-corrected chi connectivity index (χ3v) is 2.04. The molecule has 0 aromatic rings. The first-order valence-corrected chi connectivity index (χ1v) is 5.08. The summed E-state index contributed by atoms with van der Waals surface area (Å²) in [6, 6.07) is 0. The van der Waals surface area contributed by atoms with Crippen molar-refractivity contribution in [3.8, 4) is 0 Å². The maximum atomic E-state index is 5.32. The molecule has 0 nitrogen and oxygen atoms in total. The minimum atomic E-state index is 0.489. The Balaban J connectivity index is 2.75. The lowest BCUT2D eigenvalue weighted by molar-refractivity contribution is 0.701. The van der Waals surface area contributed by atoms with Crippen LogP contribution in [0.2, 0.25) is 6.32 Å². The van der Waals surface area contributed by atoms with Crippen molar-refractivity contribution in [3.63, 3.8) is 0 Å². The van der Waals surface area contributed by atoms with Crippen molar-refractivity contribution in [3.05, 3.63) is 0 Å². The van der Waals surface area contributed by atoms with E-state index >= 15 is 0 Å². The highest BCUT2D eigenvalue weighted by Gasteiger charge is 1.95. The summed E-state index contributed by atoms with van der Waals surface area (Å²) in [4.78, 5) is 0. The Kier molecular flexibility index (Phi) is 7.95. The SMILES string of the molecule is [B]CCCCCC(Br)Br. The summed E-state index contributed by atoms with van der Waals surface area (Å²) < 4.78 is 0.489. The summed E-state index contributed by atoms with van der Waals surface area (Å²) in [5.74, 6) is 0. The number of halogens is 2. The van der Waals surface area contributed by atoms with E-state index in [0.29, 0.717) is 3.74 Å². The van der Waals surface area contributed by atoms with Crippen LogP contribution < -0.4 is 0 Å². The number of hydrogen-bond acceptors (Lipinski definition) is 0. The fourth-order valence-corrected chi connectivity index (χ4v) is 1.27. The molecule has 52 valence electrons. The van der Waals surface area contributed by atoms with E-state index in [-0.39, 0.29) is 0 Å².